The summed E-state index contributed by atoms with van der Waals surface area (Å²) in [6.45, 7) is 0. The monoisotopic (exact) mass is 750 g/mol. The minimum Gasteiger partial charge on any atom is -0.456 e. The third kappa shape index (κ3) is 4.51. The molecule has 274 valence electrons. The summed E-state index contributed by atoms with van der Waals surface area (Å²) < 4.78 is 12.8. The van der Waals surface area contributed by atoms with Crippen LogP contribution in [0.25, 0.3) is 88.0 Å². The number of hydrogen-bond acceptors (Lipinski definition) is 2. The van der Waals surface area contributed by atoms with E-state index in [0.717, 1.165) is 44.6 Å². The Morgan fingerprint density at radius 2 is 1.00 bits per heavy atom. The number of hydrogen-bond donors (Lipinski definition) is 0. The Bertz CT molecular complexity index is 3480. The molecule has 0 N–H and O–H groups in total. The highest BCUT2D eigenvalue weighted by atomic mass is 16.5. The van der Waals surface area contributed by atoms with Crippen molar-refractivity contribution in [3.63, 3.8) is 0 Å². The molecular weight excluding hydrogens is 717 g/mol. The van der Waals surface area contributed by atoms with Gasteiger partial charge >= 0.3 is 0 Å². The molecule has 0 saturated carbocycles. The van der Waals surface area contributed by atoms with Crippen LogP contribution in [0.5, 0.6) is 11.5 Å². The van der Waals surface area contributed by atoms with Gasteiger partial charge in [0, 0.05) is 21.7 Å². The SMILES string of the molecule is c1ccc(C2(c3ccccc3)c3cc(-c4ccc5c(c4)-c4cccc6cccc(c46)O5)ccc3-c3ccc4c(-c5ccc6oc7ccccc7c6c5)cccc4c32)cc1. The fourth-order valence-corrected chi connectivity index (χ4v) is 10.4. The fraction of sp³-hybridized carbons (Fsp3) is 0.0175. The molecule has 2 nitrogen and oxygen atoms in total. The zero-order valence-corrected chi connectivity index (χ0v) is 31.9. The van der Waals surface area contributed by atoms with Crippen LogP contribution in [0.4, 0.5) is 0 Å². The zero-order valence-electron chi connectivity index (χ0n) is 31.9. The van der Waals surface area contributed by atoms with Crippen LogP contribution in [0, 0.1) is 0 Å². The Labute approximate surface area is 341 Å². The molecule has 1 aliphatic heterocycles. The van der Waals surface area contributed by atoms with E-state index in [1.807, 2.05) is 12.1 Å². The minimum atomic E-state index is -0.589. The molecule has 0 atom stereocenters. The molecule has 11 aromatic rings. The predicted octanol–water partition coefficient (Wildman–Crippen LogP) is 15.4. The molecule has 2 heterocycles. The van der Waals surface area contributed by atoms with Gasteiger partial charge in [-0.3, -0.25) is 0 Å². The highest BCUT2D eigenvalue weighted by Crippen LogP contribution is 2.59. The van der Waals surface area contributed by atoms with E-state index in [2.05, 4.69) is 194 Å². The van der Waals surface area contributed by atoms with Crippen molar-refractivity contribution >= 4 is 43.5 Å². The molecule has 2 aliphatic rings. The van der Waals surface area contributed by atoms with Gasteiger partial charge in [0.15, 0.2) is 0 Å². The molecule has 0 radical (unpaired) electrons. The molecule has 13 rings (SSSR count). The van der Waals surface area contributed by atoms with Crippen molar-refractivity contribution in [1.82, 2.24) is 0 Å². The number of benzene rings is 10. The molecule has 0 saturated heterocycles. The van der Waals surface area contributed by atoms with Crippen molar-refractivity contribution in [2.75, 3.05) is 0 Å². The molecule has 0 amide bonds. The minimum absolute atomic E-state index is 0.589. The zero-order chi connectivity index (χ0) is 38.7. The Morgan fingerprint density at radius 3 is 1.85 bits per heavy atom. The largest absolute Gasteiger partial charge is 0.456 e. The van der Waals surface area contributed by atoms with Crippen LogP contribution >= 0.6 is 0 Å². The van der Waals surface area contributed by atoms with Gasteiger partial charge in [0.2, 0.25) is 0 Å². The lowest BCUT2D eigenvalue weighted by molar-refractivity contribution is 0.487. The highest BCUT2D eigenvalue weighted by Gasteiger charge is 2.47. The number of fused-ring (bicyclic) bond motifs is 10. The second-order valence-corrected chi connectivity index (χ2v) is 15.9. The van der Waals surface area contributed by atoms with Crippen LogP contribution in [0.15, 0.2) is 211 Å². The van der Waals surface area contributed by atoms with Crippen molar-refractivity contribution in [3.8, 4) is 56.0 Å². The number of rotatable bonds is 4. The second kappa shape index (κ2) is 12.2. The fourth-order valence-electron chi connectivity index (χ4n) is 10.4. The lowest BCUT2D eigenvalue weighted by Gasteiger charge is -2.35. The van der Waals surface area contributed by atoms with E-state index in [4.69, 9.17) is 9.15 Å². The maximum atomic E-state index is 6.52. The molecule has 59 heavy (non-hydrogen) atoms. The normalized spacial score (nSPS) is 13.4. The number of furan rings is 1. The van der Waals surface area contributed by atoms with Crippen LogP contribution in [0.2, 0.25) is 0 Å². The Morgan fingerprint density at radius 1 is 0.339 bits per heavy atom. The van der Waals surface area contributed by atoms with Gasteiger partial charge in [0.1, 0.15) is 22.7 Å². The van der Waals surface area contributed by atoms with Gasteiger partial charge in [-0.1, -0.05) is 164 Å². The third-order valence-electron chi connectivity index (χ3n) is 12.9. The first-order valence-corrected chi connectivity index (χ1v) is 20.3. The van der Waals surface area contributed by atoms with Gasteiger partial charge in [-0.15, -0.1) is 0 Å². The molecule has 0 unspecified atom stereocenters. The standard InChI is InChI=1S/C57H34O2/c1-3-14-39(15-4-1)57(40-16-5-2-6-17-40)50-34-37(36-25-30-53-49(32-36)45-20-9-12-35-13-10-23-54(59-53)55(35)45)24-27-43(50)47-29-28-42-41(19-11-21-46(42)56(47)57)38-26-31-52-48(33-38)44-18-7-8-22-51(44)58-52/h1-34H. The Balaban J connectivity index is 1.06. The summed E-state index contributed by atoms with van der Waals surface area (Å²) in [7, 11) is 0. The van der Waals surface area contributed by atoms with E-state index in [1.165, 1.54) is 77.2 Å². The topological polar surface area (TPSA) is 22.4 Å². The lowest BCUT2D eigenvalue weighted by Crippen LogP contribution is -2.29. The van der Waals surface area contributed by atoms with Crippen molar-refractivity contribution in [3.05, 3.63) is 229 Å². The lowest BCUT2D eigenvalue weighted by atomic mass is 9.66. The first-order valence-electron chi connectivity index (χ1n) is 20.3. The van der Waals surface area contributed by atoms with Crippen LogP contribution in [-0.2, 0) is 5.41 Å². The Kier molecular flexibility index (Phi) is 6.68. The highest BCUT2D eigenvalue weighted by molar-refractivity contribution is 6.10. The molecule has 0 fully saturated rings. The number of para-hydroxylation sites is 1. The molecule has 0 spiro atoms. The summed E-state index contributed by atoms with van der Waals surface area (Å²) >= 11 is 0. The van der Waals surface area contributed by atoms with E-state index in [0.29, 0.717) is 0 Å². The number of ether oxygens (including phenoxy) is 1. The average molecular weight is 751 g/mol. The molecule has 10 aromatic carbocycles. The molecule has 1 aromatic heterocycles. The van der Waals surface area contributed by atoms with E-state index in [1.54, 1.807) is 0 Å². The molecule has 2 heteroatoms. The quantitative estimate of drug-likeness (QED) is 0.179. The van der Waals surface area contributed by atoms with E-state index in [-0.39, 0.29) is 0 Å². The van der Waals surface area contributed by atoms with Crippen LogP contribution < -0.4 is 4.74 Å². The van der Waals surface area contributed by atoms with E-state index >= 15 is 0 Å². The smallest absolute Gasteiger partial charge is 0.135 e. The van der Waals surface area contributed by atoms with Gasteiger partial charge in [-0.2, -0.15) is 0 Å². The second-order valence-electron chi connectivity index (χ2n) is 15.9. The summed E-state index contributed by atoms with van der Waals surface area (Å²) in [5.74, 6) is 1.80. The van der Waals surface area contributed by atoms with E-state index < -0.39 is 5.41 Å². The third-order valence-corrected chi connectivity index (χ3v) is 12.9. The van der Waals surface area contributed by atoms with Gasteiger partial charge in [-0.25, -0.2) is 0 Å². The molecule has 1 aliphatic carbocycles. The van der Waals surface area contributed by atoms with Gasteiger partial charge in [0.05, 0.1) is 5.41 Å². The summed E-state index contributed by atoms with van der Waals surface area (Å²) in [5.41, 5.74) is 15.9. The van der Waals surface area contributed by atoms with Gasteiger partial charge in [0.25, 0.3) is 0 Å². The molecular formula is C57H34O2. The van der Waals surface area contributed by atoms with Crippen LogP contribution in [-0.4, -0.2) is 0 Å². The summed E-state index contributed by atoms with van der Waals surface area (Å²) in [5, 5.41) is 7.10. The summed E-state index contributed by atoms with van der Waals surface area (Å²) in [4.78, 5) is 0. The van der Waals surface area contributed by atoms with Crippen molar-refractivity contribution < 1.29 is 9.15 Å². The van der Waals surface area contributed by atoms with Crippen LogP contribution in [0.1, 0.15) is 22.3 Å². The summed E-state index contributed by atoms with van der Waals surface area (Å²) in [6.07, 6.45) is 0. The Hall–Kier alpha value is -7.68. The summed E-state index contributed by atoms with van der Waals surface area (Å²) in [6, 6.07) is 75.4. The first kappa shape index (κ1) is 32.4. The van der Waals surface area contributed by atoms with Crippen molar-refractivity contribution in [1.29, 1.82) is 0 Å². The average Bonchev–Trinajstić information content (AvgIpc) is 3.83. The maximum absolute atomic E-state index is 6.52. The maximum Gasteiger partial charge on any atom is 0.135 e. The first-order chi connectivity index (χ1) is 29.2. The van der Waals surface area contributed by atoms with Gasteiger partial charge < -0.3 is 9.15 Å². The molecule has 0 bridgehead atoms. The predicted molar refractivity (Wildman–Crippen MR) is 242 cm³/mol. The van der Waals surface area contributed by atoms with Crippen molar-refractivity contribution in [2.45, 2.75) is 5.41 Å². The van der Waals surface area contributed by atoms with Gasteiger partial charge in [-0.05, 0) is 120 Å². The van der Waals surface area contributed by atoms with E-state index in [9.17, 15) is 0 Å². The van der Waals surface area contributed by atoms with Crippen molar-refractivity contribution in [2.24, 2.45) is 0 Å². The van der Waals surface area contributed by atoms with Crippen LogP contribution in [0.3, 0.4) is 0 Å².